The molecule has 0 aliphatic heterocycles. The van der Waals surface area contributed by atoms with Gasteiger partial charge in [0.05, 0.1) is 22.0 Å². The fraction of sp³-hybridized carbons (Fsp3) is 0. The number of nitrogens with zero attached hydrogens (tertiary/aromatic N) is 1. The smallest absolute Gasteiger partial charge is 0.282 e. The lowest BCUT2D eigenvalue weighted by Crippen LogP contribution is -1.92. The Balaban J connectivity index is 3.38. The minimum atomic E-state index is -0.802. The number of hydrogen-bond donors (Lipinski definition) is 0. The standard InChI is InChI=1S/C6H2FINO3S/c7-13-4-2-1-3(10)6(5(4)8)9(11)12/h1-2H. The van der Waals surface area contributed by atoms with E-state index < -0.39 is 16.4 Å². The molecular formula is C6H2FINO3S. The summed E-state index contributed by atoms with van der Waals surface area (Å²) in [5, 5.41) is 21.4. The molecule has 0 saturated carbocycles. The van der Waals surface area contributed by atoms with Crippen LogP contribution < -0.4 is 0 Å². The largest absolute Gasteiger partial charge is 0.330 e. The number of nitro benzene ring substituents is 1. The van der Waals surface area contributed by atoms with Gasteiger partial charge in [-0.25, -0.2) is 0 Å². The fourth-order valence-corrected chi connectivity index (χ4v) is 1.93. The van der Waals surface area contributed by atoms with E-state index in [1.165, 1.54) is 6.07 Å². The van der Waals surface area contributed by atoms with Gasteiger partial charge in [-0.15, -0.1) is 0 Å². The van der Waals surface area contributed by atoms with Crippen molar-refractivity contribution in [3.63, 3.8) is 0 Å². The molecular weight excluding hydrogens is 312 g/mol. The van der Waals surface area contributed by atoms with E-state index in [4.69, 9.17) is 0 Å². The zero-order chi connectivity index (χ0) is 10.0. The Morgan fingerprint density at radius 1 is 1.54 bits per heavy atom. The van der Waals surface area contributed by atoms with Crippen molar-refractivity contribution in [1.82, 2.24) is 0 Å². The second-order valence-electron chi connectivity index (χ2n) is 2.06. The molecule has 0 bridgehead atoms. The molecule has 1 aromatic carbocycles. The van der Waals surface area contributed by atoms with Crippen molar-refractivity contribution in [3.05, 3.63) is 25.8 Å². The summed E-state index contributed by atoms with van der Waals surface area (Å²) >= 11 is 1.46. The molecule has 0 fully saturated rings. The lowest BCUT2D eigenvalue weighted by Gasteiger charge is -1.99. The molecule has 1 aromatic rings. The average molecular weight is 314 g/mol. The van der Waals surface area contributed by atoms with Gasteiger partial charge in [0.2, 0.25) is 0 Å². The molecule has 0 spiro atoms. The Kier molecular flexibility index (Phi) is 3.31. The zero-order valence-corrected chi connectivity index (χ0v) is 8.96. The van der Waals surface area contributed by atoms with Gasteiger partial charge in [0, 0.05) is 0 Å². The molecule has 0 aliphatic carbocycles. The maximum Gasteiger partial charge on any atom is 0.330 e. The lowest BCUT2D eigenvalue weighted by atomic mass is 10.3. The van der Waals surface area contributed by atoms with Gasteiger partial charge in [-0.1, -0.05) is 0 Å². The summed E-state index contributed by atoms with van der Waals surface area (Å²) in [7, 11) is 0. The second-order valence-corrected chi connectivity index (χ2v) is 3.73. The van der Waals surface area contributed by atoms with Gasteiger partial charge in [0.15, 0.2) is 0 Å². The van der Waals surface area contributed by atoms with Crippen LogP contribution in [0.5, 0.6) is 5.75 Å². The summed E-state index contributed by atoms with van der Waals surface area (Å²) in [5.41, 5.74) is -0.566. The summed E-state index contributed by atoms with van der Waals surface area (Å²) < 4.78 is 12.2. The van der Waals surface area contributed by atoms with Gasteiger partial charge >= 0.3 is 5.69 Å². The Morgan fingerprint density at radius 2 is 2.15 bits per heavy atom. The predicted octanol–water partition coefficient (Wildman–Crippen LogP) is 3.32. The van der Waals surface area contributed by atoms with Crippen LogP contribution in [0.25, 0.3) is 0 Å². The normalized spacial score (nSPS) is 10.0. The molecule has 1 radical (unpaired) electrons. The molecule has 7 heteroatoms. The maximum absolute atomic E-state index is 12.1. The maximum atomic E-state index is 12.1. The van der Waals surface area contributed by atoms with E-state index in [2.05, 4.69) is 0 Å². The van der Waals surface area contributed by atoms with Gasteiger partial charge in [-0.05, 0) is 34.7 Å². The SMILES string of the molecule is [O]c1ccc(SF)c(I)c1[N+](=O)[O-]. The molecule has 0 atom stereocenters. The van der Waals surface area contributed by atoms with Crippen molar-refractivity contribution >= 4 is 40.4 Å². The summed E-state index contributed by atoms with van der Waals surface area (Å²) in [6, 6.07) is 2.21. The molecule has 69 valence electrons. The first kappa shape index (κ1) is 10.5. The third-order valence-electron chi connectivity index (χ3n) is 1.31. The van der Waals surface area contributed by atoms with Crippen LogP contribution in [-0.2, 0) is 5.11 Å². The minimum absolute atomic E-state index is 0.0441. The Hall–Kier alpha value is -0.570. The van der Waals surface area contributed by atoms with Crippen LogP contribution in [0.15, 0.2) is 17.0 Å². The summed E-state index contributed by atoms with van der Waals surface area (Å²) in [6.45, 7) is 0. The Bertz CT molecular complexity index is 360. The van der Waals surface area contributed by atoms with Crippen LogP contribution in [-0.4, -0.2) is 4.92 Å². The van der Waals surface area contributed by atoms with Crippen molar-refractivity contribution in [2.45, 2.75) is 4.90 Å². The van der Waals surface area contributed by atoms with Gasteiger partial charge in [-0.2, -0.15) is 3.89 Å². The van der Waals surface area contributed by atoms with Crippen LogP contribution in [0.1, 0.15) is 0 Å². The first-order chi connectivity index (χ1) is 6.07. The number of benzene rings is 1. The Labute approximate surface area is 90.7 Å². The number of halogens is 2. The summed E-state index contributed by atoms with van der Waals surface area (Å²) in [4.78, 5) is 9.67. The van der Waals surface area contributed by atoms with Crippen LogP contribution in [0, 0.1) is 13.7 Å². The van der Waals surface area contributed by atoms with E-state index in [1.807, 2.05) is 0 Å². The van der Waals surface area contributed by atoms with Crippen molar-refractivity contribution in [3.8, 4) is 5.75 Å². The highest BCUT2D eigenvalue weighted by Crippen LogP contribution is 2.38. The van der Waals surface area contributed by atoms with Gasteiger partial charge in [0.1, 0.15) is 3.57 Å². The Morgan fingerprint density at radius 3 is 2.62 bits per heavy atom. The van der Waals surface area contributed by atoms with Crippen molar-refractivity contribution in [1.29, 1.82) is 0 Å². The molecule has 0 aliphatic rings. The predicted molar refractivity (Wildman–Crippen MR) is 52.9 cm³/mol. The van der Waals surface area contributed by atoms with Gasteiger partial charge in [-0.3, -0.25) is 15.2 Å². The summed E-state index contributed by atoms with van der Waals surface area (Å²) in [6.07, 6.45) is 0. The highest BCUT2D eigenvalue weighted by molar-refractivity contribution is 14.1. The van der Waals surface area contributed by atoms with E-state index in [1.54, 1.807) is 22.6 Å². The molecule has 0 heterocycles. The van der Waals surface area contributed by atoms with Crippen molar-refractivity contribution < 1.29 is 13.9 Å². The molecule has 13 heavy (non-hydrogen) atoms. The average Bonchev–Trinajstić information content (AvgIpc) is 2.04. The first-order valence-corrected chi connectivity index (χ1v) is 4.80. The van der Waals surface area contributed by atoms with E-state index in [9.17, 15) is 19.1 Å². The first-order valence-electron chi connectivity index (χ1n) is 3.00. The second kappa shape index (κ2) is 4.09. The monoisotopic (exact) mass is 314 g/mol. The molecule has 0 N–H and O–H groups in total. The number of hydrogen-bond acceptors (Lipinski definition) is 3. The minimum Gasteiger partial charge on any atom is -0.282 e. The quantitative estimate of drug-likeness (QED) is 0.478. The van der Waals surface area contributed by atoms with E-state index in [0.29, 0.717) is 0 Å². The highest BCUT2D eigenvalue weighted by Gasteiger charge is 2.22. The molecule has 4 nitrogen and oxygen atoms in total. The zero-order valence-electron chi connectivity index (χ0n) is 5.99. The van der Waals surface area contributed by atoms with Crippen LogP contribution in [0.4, 0.5) is 9.57 Å². The molecule has 0 saturated heterocycles. The molecule has 0 amide bonds. The van der Waals surface area contributed by atoms with Gasteiger partial charge < -0.3 is 0 Å². The number of nitro groups is 1. The fourth-order valence-electron chi connectivity index (χ4n) is 0.758. The third-order valence-corrected chi connectivity index (χ3v) is 3.27. The highest BCUT2D eigenvalue weighted by atomic mass is 127. The molecule has 1 rings (SSSR count). The summed E-state index contributed by atoms with van der Waals surface area (Å²) in [5.74, 6) is -0.702. The van der Waals surface area contributed by atoms with Crippen LogP contribution in [0.3, 0.4) is 0 Å². The van der Waals surface area contributed by atoms with E-state index in [0.717, 1.165) is 6.07 Å². The lowest BCUT2D eigenvalue weighted by molar-refractivity contribution is -0.387. The van der Waals surface area contributed by atoms with Gasteiger partial charge in [0.25, 0.3) is 5.75 Å². The van der Waals surface area contributed by atoms with E-state index >= 15 is 0 Å². The van der Waals surface area contributed by atoms with Crippen molar-refractivity contribution in [2.24, 2.45) is 0 Å². The third kappa shape index (κ3) is 2.02. The topological polar surface area (TPSA) is 63.0 Å². The number of rotatable bonds is 2. The van der Waals surface area contributed by atoms with E-state index in [-0.39, 0.29) is 20.6 Å². The molecule has 0 unspecified atom stereocenters. The van der Waals surface area contributed by atoms with Crippen molar-refractivity contribution in [2.75, 3.05) is 0 Å². The molecule has 0 aromatic heterocycles. The van der Waals surface area contributed by atoms with Crippen LogP contribution >= 0.6 is 34.7 Å². The van der Waals surface area contributed by atoms with Crippen LogP contribution in [0.2, 0.25) is 0 Å².